The molecule has 1 aliphatic rings. The molecule has 1 aliphatic carbocycles. The summed E-state index contributed by atoms with van der Waals surface area (Å²) in [5.74, 6) is -1.13. The summed E-state index contributed by atoms with van der Waals surface area (Å²) in [5.41, 5.74) is 0.959. The van der Waals surface area contributed by atoms with E-state index in [9.17, 15) is 9.90 Å². The van der Waals surface area contributed by atoms with Crippen LogP contribution in [0.15, 0.2) is 84.9 Å². The molecule has 5 nitrogen and oxygen atoms in total. The molecule has 0 aromatic heterocycles. The van der Waals surface area contributed by atoms with Gasteiger partial charge >= 0.3 is 0 Å². The SMILES string of the molecule is O=C(NC(=S)N[C@@]1(c2ccccc2F)CCC(OCc2ccccc2)C[C@H]1CO)c1ccccc1. The van der Waals surface area contributed by atoms with Gasteiger partial charge in [-0.25, -0.2) is 4.39 Å². The van der Waals surface area contributed by atoms with E-state index in [0.29, 0.717) is 37.0 Å². The van der Waals surface area contributed by atoms with Gasteiger partial charge in [0.15, 0.2) is 5.11 Å². The first-order chi connectivity index (χ1) is 17.0. The summed E-state index contributed by atoms with van der Waals surface area (Å²) in [6.07, 6.45) is 1.53. The Hall–Kier alpha value is -3.13. The van der Waals surface area contributed by atoms with Crippen molar-refractivity contribution in [1.29, 1.82) is 0 Å². The van der Waals surface area contributed by atoms with Gasteiger partial charge < -0.3 is 15.2 Å². The number of ether oxygens (including phenoxy) is 1. The number of rotatable bonds is 7. The smallest absolute Gasteiger partial charge is 0.257 e. The molecule has 35 heavy (non-hydrogen) atoms. The summed E-state index contributed by atoms with van der Waals surface area (Å²) < 4.78 is 21.2. The van der Waals surface area contributed by atoms with Crippen molar-refractivity contribution in [3.63, 3.8) is 0 Å². The second-order valence-electron chi connectivity index (χ2n) is 8.80. The molecular weight excluding hydrogens is 463 g/mol. The van der Waals surface area contributed by atoms with Crippen LogP contribution in [-0.4, -0.2) is 28.8 Å². The molecule has 0 heterocycles. The van der Waals surface area contributed by atoms with Gasteiger partial charge in [0.25, 0.3) is 5.91 Å². The Labute approximate surface area is 210 Å². The van der Waals surface area contributed by atoms with E-state index >= 15 is 4.39 Å². The number of carbonyl (C=O) groups is 1. The highest BCUT2D eigenvalue weighted by molar-refractivity contribution is 7.80. The maximum atomic E-state index is 15.1. The summed E-state index contributed by atoms with van der Waals surface area (Å²) in [4.78, 5) is 12.6. The second-order valence-corrected chi connectivity index (χ2v) is 9.21. The third-order valence-corrected chi connectivity index (χ3v) is 6.81. The van der Waals surface area contributed by atoms with Crippen LogP contribution in [0.5, 0.6) is 0 Å². The highest BCUT2D eigenvalue weighted by Gasteiger charge is 2.47. The molecule has 0 bridgehead atoms. The van der Waals surface area contributed by atoms with E-state index in [4.69, 9.17) is 17.0 Å². The standard InChI is InChI=1S/C28H29FN2O3S/c29-25-14-8-7-13-24(25)28(31-27(35)30-26(33)21-11-5-2-6-12-21)16-15-23(17-22(28)18-32)34-19-20-9-3-1-4-10-20/h1-14,22-23,32H,15-19H2,(H2,30,31,33,35)/t22-,23?,28-/m0/s1. The first-order valence-corrected chi connectivity index (χ1v) is 12.1. The fraction of sp³-hybridized carbons (Fsp3) is 0.286. The third kappa shape index (κ3) is 5.93. The summed E-state index contributed by atoms with van der Waals surface area (Å²) in [5, 5.41) is 16.4. The summed E-state index contributed by atoms with van der Waals surface area (Å²) in [6, 6.07) is 25.1. The molecule has 0 radical (unpaired) electrons. The number of hydrogen-bond acceptors (Lipinski definition) is 4. The first-order valence-electron chi connectivity index (χ1n) is 11.7. The molecule has 3 aromatic rings. The van der Waals surface area contributed by atoms with Crippen molar-refractivity contribution in [3.8, 4) is 0 Å². The number of nitrogens with one attached hydrogen (secondary N) is 2. The van der Waals surface area contributed by atoms with Gasteiger partial charge in [-0.1, -0.05) is 66.7 Å². The first kappa shape index (κ1) is 25.0. The maximum Gasteiger partial charge on any atom is 0.257 e. The Bertz CT molecular complexity index is 1150. The molecule has 3 aromatic carbocycles. The molecule has 0 aliphatic heterocycles. The summed E-state index contributed by atoms with van der Waals surface area (Å²) >= 11 is 5.49. The van der Waals surface area contributed by atoms with Gasteiger partial charge in [-0.3, -0.25) is 10.1 Å². The monoisotopic (exact) mass is 492 g/mol. The van der Waals surface area contributed by atoms with Gasteiger partial charge in [0.05, 0.1) is 18.2 Å². The molecule has 1 saturated carbocycles. The minimum absolute atomic E-state index is 0.0872. The molecule has 1 unspecified atom stereocenters. The Morgan fingerprint density at radius 2 is 1.69 bits per heavy atom. The minimum atomic E-state index is -0.992. The fourth-order valence-corrected chi connectivity index (χ4v) is 5.08. The van der Waals surface area contributed by atoms with Crippen LogP contribution < -0.4 is 10.6 Å². The maximum absolute atomic E-state index is 15.1. The van der Waals surface area contributed by atoms with Gasteiger partial charge in [0.2, 0.25) is 0 Å². The van der Waals surface area contributed by atoms with E-state index in [1.807, 2.05) is 36.4 Å². The van der Waals surface area contributed by atoms with Gasteiger partial charge in [0.1, 0.15) is 5.82 Å². The van der Waals surface area contributed by atoms with Crippen LogP contribution in [0, 0.1) is 11.7 Å². The van der Waals surface area contributed by atoms with Crippen LogP contribution in [0.3, 0.4) is 0 Å². The molecule has 7 heteroatoms. The van der Waals surface area contributed by atoms with Crippen LogP contribution in [-0.2, 0) is 16.9 Å². The zero-order valence-corrected chi connectivity index (χ0v) is 20.1. The lowest BCUT2D eigenvalue weighted by molar-refractivity contribution is -0.0388. The molecule has 1 fully saturated rings. The average molecular weight is 493 g/mol. The lowest BCUT2D eigenvalue weighted by Crippen LogP contribution is -2.58. The van der Waals surface area contributed by atoms with Crippen molar-refractivity contribution in [3.05, 3.63) is 107 Å². The third-order valence-electron chi connectivity index (χ3n) is 6.61. The van der Waals surface area contributed by atoms with Crippen molar-refractivity contribution in [2.45, 2.75) is 37.5 Å². The zero-order chi connectivity index (χ0) is 24.7. The number of benzene rings is 3. The van der Waals surface area contributed by atoms with E-state index < -0.39 is 5.54 Å². The quantitative estimate of drug-likeness (QED) is 0.417. The van der Waals surface area contributed by atoms with Crippen molar-refractivity contribution >= 4 is 23.2 Å². The normalized spacial score (nSPS) is 21.8. The van der Waals surface area contributed by atoms with Crippen LogP contribution in [0.25, 0.3) is 0 Å². The van der Waals surface area contributed by atoms with E-state index in [1.165, 1.54) is 6.07 Å². The van der Waals surface area contributed by atoms with Crippen LogP contribution in [0.4, 0.5) is 4.39 Å². The number of amides is 1. The largest absolute Gasteiger partial charge is 0.396 e. The molecule has 1 amide bonds. The molecular formula is C28H29FN2O3S. The van der Waals surface area contributed by atoms with Crippen LogP contribution in [0.1, 0.15) is 40.7 Å². The Morgan fingerprint density at radius 1 is 1.03 bits per heavy atom. The van der Waals surface area contributed by atoms with Gasteiger partial charge in [-0.05, 0) is 55.2 Å². The number of hydrogen-bond donors (Lipinski definition) is 3. The highest BCUT2D eigenvalue weighted by atomic mass is 32.1. The van der Waals surface area contributed by atoms with Crippen molar-refractivity contribution < 1.29 is 19.0 Å². The fourth-order valence-electron chi connectivity index (χ4n) is 4.81. The lowest BCUT2D eigenvalue weighted by atomic mass is 9.68. The molecule has 3 N–H and O–H groups in total. The van der Waals surface area contributed by atoms with Crippen molar-refractivity contribution in [2.24, 2.45) is 5.92 Å². The van der Waals surface area contributed by atoms with Crippen molar-refractivity contribution in [2.75, 3.05) is 6.61 Å². The van der Waals surface area contributed by atoms with E-state index in [-0.39, 0.29) is 35.5 Å². The minimum Gasteiger partial charge on any atom is -0.396 e. The van der Waals surface area contributed by atoms with Crippen LogP contribution >= 0.6 is 12.2 Å². The molecule has 0 saturated heterocycles. The predicted molar refractivity (Wildman–Crippen MR) is 137 cm³/mol. The molecule has 4 rings (SSSR count). The lowest BCUT2D eigenvalue weighted by Gasteiger charge is -2.47. The second kappa shape index (κ2) is 11.5. The summed E-state index contributed by atoms with van der Waals surface area (Å²) in [7, 11) is 0. The molecule has 182 valence electrons. The van der Waals surface area contributed by atoms with Crippen LogP contribution in [0.2, 0.25) is 0 Å². The number of carbonyl (C=O) groups excluding carboxylic acids is 1. The number of aliphatic hydroxyl groups excluding tert-OH is 1. The average Bonchev–Trinajstić information content (AvgIpc) is 2.89. The molecule has 3 atom stereocenters. The van der Waals surface area contributed by atoms with Gasteiger partial charge in [-0.2, -0.15) is 0 Å². The highest BCUT2D eigenvalue weighted by Crippen LogP contribution is 2.43. The Morgan fingerprint density at radius 3 is 2.37 bits per heavy atom. The van der Waals surface area contributed by atoms with E-state index in [0.717, 1.165) is 5.56 Å². The number of thiocarbonyl (C=S) groups is 1. The topological polar surface area (TPSA) is 70.6 Å². The van der Waals surface area contributed by atoms with Gasteiger partial charge in [-0.15, -0.1) is 0 Å². The Balaban J connectivity index is 1.54. The van der Waals surface area contributed by atoms with Crippen molar-refractivity contribution in [1.82, 2.24) is 10.6 Å². The zero-order valence-electron chi connectivity index (χ0n) is 19.3. The number of aliphatic hydroxyl groups is 1. The summed E-state index contributed by atoms with van der Waals surface area (Å²) in [6.45, 7) is 0.275. The molecule has 0 spiro atoms. The number of halogens is 1. The van der Waals surface area contributed by atoms with E-state index in [1.54, 1.807) is 42.5 Å². The van der Waals surface area contributed by atoms with Gasteiger partial charge in [0, 0.05) is 23.7 Å². The van der Waals surface area contributed by atoms with E-state index in [2.05, 4.69) is 10.6 Å². The Kier molecular flexibility index (Phi) is 8.23. The predicted octanol–water partition coefficient (Wildman–Crippen LogP) is 4.70.